The lowest BCUT2D eigenvalue weighted by Crippen LogP contribution is -2.12. The van der Waals surface area contributed by atoms with E-state index in [9.17, 15) is 4.79 Å². The van der Waals surface area contributed by atoms with Crippen molar-refractivity contribution in [3.8, 4) is 0 Å². The average Bonchev–Trinajstić information content (AvgIpc) is 3.13. The molecule has 1 aromatic heterocycles. The number of nitrogens with zero attached hydrogens (tertiary/aromatic N) is 2. The summed E-state index contributed by atoms with van der Waals surface area (Å²) in [4.78, 5) is 20.0. The van der Waals surface area contributed by atoms with Crippen LogP contribution < -0.4 is 5.32 Å². The Kier molecular flexibility index (Phi) is 4.12. The molecular formula is C13H19N3O2. The van der Waals surface area contributed by atoms with Gasteiger partial charge >= 0.3 is 5.97 Å². The van der Waals surface area contributed by atoms with E-state index in [1.807, 2.05) is 0 Å². The molecule has 1 fully saturated rings. The standard InChI is InChI=1S/C13H19N3O2/c1-3-18-12(17)11-8-15-13(16-9(11)2)14-7-6-10-4-5-10/h8,10H,3-7H2,1-2H3,(H,14,15,16). The third-order valence-corrected chi connectivity index (χ3v) is 3.01. The van der Waals surface area contributed by atoms with E-state index in [-0.39, 0.29) is 5.97 Å². The number of esters is 1. The Labute approximate surface area is 107 Å². The highest BCUT2D eigenvalue weighted by Crippen LogP contribution is 2.31. The van der Waals surface area contributed by atoms with Gasteiger partial charge in [0.25, 0.3) is 0 Å². The molecule has 1 saturated carbocycles. The van der Waals surface area contributed by atoms with E-state index in [1.54, 1.807) is 13.8 Å². The quantitative estimate of drug-likeness (QED) is 0.783. The van der Waals surface area contributed by atoms with E-state index >= 15 is 0 Å². The summed E-state index contributed by atoms with van der Waals surface area (Å²) in [6, 6.07) is 0. The maximum Gasteiger partial charge on any atom is 0.341 e. The van der Waals surface area contributed by atoms with Crippen molar-refractivity contribution in [1.29, 1.82) is 0 Å². The van der Waals surface area contributed by atoms with Gasteiger partial charge in [0.2, 0.25) is 5.95 Å². The van der Waals surface area contributed by atoms with Crippen LogP contribution in [0.4, 0.5) is 5.95 Å². The Morgan fingerprint density at radius 2 is 2.33 bits per heavy atom. The predicted octanol–water partition coefficient (Wildman–Crippen LogP) is 2.17. The molecule has 5 nitrogen and oxygen atoms in total. The van der Waals surface area contributed by atoms with Gasteiger partial charge in [-0.05, 0) is 26.2 Å². The van der Waals surface area contributed by atoms with Gasteiger partial charge in [-0.1, -0.05) is 12.8 Å². The molecule has 0 amide bonds. The summed E-state index contributed by atoms with van der Waals surface area (Å²) in [6.45, 7) is 4.82. The number of aryl methyl sites for hydroxylation is 1. The minimum absolute atomic E-state index is 0.361. The van der Waals surface area contributed by atoms with Gasteiger partial charge in [0, 0.05) is 12.7 Å². The fourth-order valence-corrected chi connectivity index (χ4v) is 1.76. The summed E-state index contributed by atoms with van der Waals surface area (Å²) in [6.07, 6.45) is 5.40. The lowest BCUT2D eigenvalue weighted by molar-refractivity contribution is 0.0524. The molecule has 2 rings (SSSR count). The summed E-state index contributed by atoms with van der Waals surface area (Å²) in [5.41, 5.74) is 1.09. The maximum absolute atomic E-state index is 11.6. The second-order valence-electron chi connectivity index (χ2n) is 4.57. The minimum Gasteiger partial charge on any atom is -0.462 e. The number of nitrogens with one attached hydrogen (secondary N) is 1. The van der Waals surface area contributed by atoms with Gasteiger partial charge in [-0.15, -0.1) is 0 Å². The first-order valence-electron chi connectivity index (χ1n) is 6.45. The first kappa shape index (κ1) is 12.8. The topological polar surface area (TPSA) is 64.1 Å². The van der Waals surface area contributed by atoms with Crippen molar-refractivity contribution >= 4 is 11.9 Å². The summed E-state index contributed by atoms with van der Waals surface area (Å²) in [5.74, 6) is 1.11. The van der Waals surface area contributed by atoms with Crippen molar-refractivity contribution in [3.63, 3.8) is 0 Å². The van der Waals surface area contributed by atoms with E-state index in [2.05, 4.69) is 15.3 Å². The van der Waals surface area contributed by atoms with Gasteiger partial charge in [-0.3, -0.25) is 0 Å². The maximum atomic E-state index is 11.6. The molecule has 1 aromatic rings. The zero-order chi connectivity index (χ0) is 13.0. The molecule has 1 aliphatic rings. The van der Waals surface area contributed by atoms with Gasteiger partial charge in [-0.2, -0.15) is 0 Å². The van der Waals surface area contributed by atoms with Gasteiger partial charge in [0.15, 0.2) is 0 Å². The summed E-state index contributed by atoms with van der Waals surface area (Å²) < 4.78 is 4.93. The smallest absolute Gasteiger partial charge is 0.341 e. The molecule has 18 heavy (non-hydrogen) atoms. The van der Waals surface area contributed by atoms with Crippen molar-refractivity contribution in [2.24, 2.45) is 5.92 Å². The number of carbonyl (C=O) groups is 1. The van der Waals surface area contributed by atoms with Crippen molar-refractivity contribution in [2.45, 2.75) is 33.1 Å². The highest BCUT2D eigenvalue weighted by Gasteiger charge is 2.20. The van der Waals surface area contributed by atoms with Gasteiger partial charge in [0.1, 0.15) is 0 Å². The number of ether oxygens (including phenoxy) is 1. The minimum atomic E-state index is -0.362. The number of carbonyl (C=O) groups excluding carboxylic acids is 1. The molecule has 1 aliphatic carbocycles. The molecule has 0 unspecified atom stereocenters. The zero-order valence-electron chi connectivity index (χ0n) is 10.9. The summed E-state index contributed by atoms with van der Waals surface area (Å²) >= 11 is 0. The third-order valence-electron chi connectivity index (χ3n) is 3.01. The van der Waals surface area contributed by atoms with E-state index in [1.165, 1.54) is 25.5 Å². The van der Waals surface area contributed by atoms with Crippen LogP contribution in [0.25, 0.3) is 0 Å². The first-order chi connectivity index (χ1) is 8.70. The molecular weight excluding hydrogens is 230 g/mol. The average molecular weight is 249 g/mol. The molecule has 0 radical (unpaired) electrons. The van der Waals surface area contributed by atoms with E-state index < -0.39 is 0 Å². The predicted molar refractivity (Wildman–Crippen MR) is 68.6 cm³/mol. The van der Waals surface area contributed by atoms with Crippen LogP contribution in [0, 0.1) is 12.8 Å². The normalized spacial score (nSPS) is 14.3. The van der Waals surface area contributed by atoms with Crippen molar-refractivity contribution in [3.05, 3.63) is 17.5 Å². The number of hydrogen-bond acceptors (Lipinski definition) is 5. The summed E-state index contributed by atoms with van der Waals surface area (Å²) in [5, 5.41) is 3.18. The van der Waals surface area contributed by atoms with Crippen molar-refractivity contribution in [2.75, 3.05) is 18.5 Å². The molecule has 1 N–H and O–H groups in total. The largest absolute Gasteiger partial charge is 0.462 e. The molecule has 5 heteroatoms. The third kappa shape index (κ3) is 3.42. The number of rotatable bonds is 6. The SMILES string of the molecule is CCOC(=O)c1cnc(NCCC2CC2)nc1C. The monoisotopic (exact) mass is 249 g/mol. The van der Waals surface area contributed by atoms with Crippen LogP contribution in [0.3, 0.4) is 0 Å². The van der Waals surface area contributed by atoms with Crippen LogP contribution in [-0.2, 0) is 4.74 Å². The molecule has 0 saturated heterocycles. The van der Waals surface area contributed by atoms with Gasteiger partial charge < -0.3 is 10.1 Å². The Balaban J connectivity index is 1.92. The number of hydrogen-bond donors (Lipinski definition) is 1. The molecule has 0 aromatic carbocycles. The molecule has 0 bridgehead atoms. The van der Waals surface area contributed by atoms with Crippen LogP contribution in [-0.4, -0.2) is 29.1 Å². The van der Waals surface area contributed by atoms with Crippen LogP contribution in [0.15, 0.2) is 6.20 Å². The summed E-state index contributed by atoms with van der Waals surface area (Å²) in [7, 11) is 0. The number of aromatic nitrogens is 2. The Hall–Kier alpha value is -1.65. The fourth-order valence-electron chi connectivity index (χ4n) is 1.76. The van der Waals surface area contributed by atoms with E-state index in [0.717, 1.165) is 12.5 Å². The molecule has 0 spiro atoms. The molecule has 0 aliphatic heterocycles. The Morgan fingerprint density at radius 1 is 1.56 bits per heavy atom. The highest BCUT2D eigenvalue weighted by atomic mass is 16.5. The second-order valence-corrected chi connectivity index (χ2v) is 4.57. The Morgan fingerprint density at radius 3 is 2.94 bits per heavy atom. The lowest BCUT2D eigenvalue weighted by atomic mass is 10.2. The van der Waals surface area contributed by atoms with Crippen LogP contribution in [0.1, 0.15) is 42.2 Å². The van der Waals surface area contributed by atoms with E-state index in [0.29, 0.717) is 23.8 Å². The van der Waals surface area contributed by atoms with Crippen LogP contribution >= 0.6 is 0 Å². The number of anilines is 1. The lowest BCUT2D eigenvalue weighted by Gasteiger charge is -2.07. The Bertz CT molecular complexity index is 430. The second kappa shape index (κ2) is 5.80. The highest BCUT2D eigenvalue weighted by molar-refractivity contribution is 5.90. The molecule has 1 heterocycles. The van der Waals surface area contributed by atoms with Crippen LogP contribution in [0.2, 0.25) is 0 Å². The molecule has 0 atom stereocenters. The van der Waals surface area contributed by atoms with E-state index in [4.69, 9.17) is 4.74 Å². The zero-order valence-corrected chi connectivity index (χ0v) is 10.9. The molecule has 98 valence electrons. The van der Waals surface area contributed by atoms with Crippen molar-refractivity contribution in [1.82, 2.24) is 9.97 Å². The van der Waals surface area contributed by atoms with Crippen LogP contribution in [0.5, 0.6) is 0 Å². The van der Waals surface area contributed by atoms with Gasteiger partial charge in [0.05, 0.1) is 17.9 Å². The first-order valence-corrected chi connectivity index (χ1v) is 6.45. The van der Waals surface area contributed by atoms with Gasteiger partial charge in [-0.25, -0.2) is 14.8 Å². The fraction of sp³-hybridized carbons (Fsp3) is 0.615. The van der Waals surface area contributed by atoms with Crippen molar-refractivity contribution < 1.29 is 9.53 Å².